The number of anilines is 1. The fourth-order valence-electron chi connectivity index (χ4n) is 1.70. The van der Waals surface area contributed by atoms with Gasteiger partial charge in [0.15, 0.2) is 0 Å². The summed E-state index contributed by atoms with van der Waals surface area (Å²) in [6.07, 6.45) is 0. The Bertz CT molecular complexity index is 640. The minimum Gasteiger partial charge on any atom is -0.322 e. The van der Waals surface area contributed by atoms with E-state index in [1.54, 1.807) is 12.1 Å². The first-order chi connectivity index (χ1) is 8.97. The van der Waals surface area contributed by atoms with Gasteiger partial charge in [0, 0.05) is 20.7 Å². The number of aryl methyl sites for hydroxylation is 2. The molecule has 0 aliphatic heterocycles. The van der Waals surface area contributed by atoms with Crippen LogP contribution < -0.4 is 5.32 Å². The summed E-state index contributed by atoms with van der Waals surface area (Å²) in [5, 5.41) is 3.48. The highest BCUT2D eigenvalue weighted by Crippen LogP contribution is 2.22. The van der Waals surface area contributed by atoms with Gasteiger partial charge in [-0.3, -0.25) is 4.79 Å². The second kappa shape index (κ2) is 5.76. The number of amides is 1. The molecule has 19 heavy (non-hydrogen) atoms. The molecule has 0 radical (unpaired) electrons. The predicted molar refractivity (Wildman–Crippen MR) is 83.0 cm³/mol. The predicted octanol–water partition coefficient (Wildman–Crippen LogP) is 4.97. The van der Waals surface area contributed by atoms with Gasteiger partial charge < -0.3 is 5.32 Å². The fraction of sp³-hybridized carbons (Fsp3) is 0.133. The highest BCUT2D eigenvalue weighted by Gasteiger charge is 2.09. The monoisotopic (exact) mass is 337 g/mol. The van der Waals surface area contributed by atoms with Crippen molar-refractivity contribution in [2.45, 2.75) is 13.8 Å². The van der Waals surface area contributed by atoms with Crippen molar-refractivity contribution in [3.8, 4) is 0 Å². The van der Waals surface area contributed by atoms with Crippen molar-refractivity contribution in [2.24, 2.45) is 0 Å². The van der Waals surface area contributed by atoms with E-state index in [4.69, 9.17) is 11.6 Å². The van der Waals surface area contributed by atoms with E-state index in [0.717, 1.165) is 21.3 Å². The van der Waals surface area contributed by atoms with Crippen LogP contribution in [0.25, 0.3) is 0 Å². The first kappa shape index (κ1) is 14.1. The normalized spacial score (nSPS) is 10.3. The average molecular weight is 339 g/mol. The molecular weight excluding hydrogens is 326 g/mol. The quantitative estimate of drug-likeness (QED) is 0.823. The van der Waals surface area contributed by atoms with Gasteiger partial charge in [0.2, 0.25) is 0 Å². The minimum absolute atomic E-state index is 0.160. The Morgan fingerprint density at radius 1 is 1.11 bits per heavy atom. The Hall–Kier alpha value is -1.32. The summed E-state index contributed by atoms with van der Waals surface area (Å²) in [7, 11) is 0. The van der Waals surface area contributed by atoms with Crippen LogP contribution in [0.4, 0.5) is 5.69 Å². The van der Waals surface area contributed by atoms with Gasteiger partial charge in [-0.25, -0.2) is 0 Å². The lowest BCUT2D eigenvalue weighted by molar-refractivity contribution is 0.102. The number of rotatable bonds is 2. The van der Waals surface area contributed by atoms with Crippen LogP contribution in [-0.2, 0) is 0 Å². The zero-order chi connectivity index (χ0) is 14.0. The summed E-state index contributed by atoms with van der Waals surface area (Å²) in [5.74, 6) is -0.160. The van der Waals surface area contributed by atoms with Crippen LogP contribution in [-0.4, -0.2) is 5.91 Å². The number of halogens is 2. The number of hydrogen-bond donors (Lipinski definition) is 1. The zero-order valence-corrected chi connectivity index (χ0v) is 13.0. The smallest absolute Gasteiger partial charge is 0.255 e. The molecule has 98 valence electrons. The van der Waals surface area contributed by atoms with E-state index in [-0.39, 0.29) is 5.91 Å². The van der Waals surface area contributed by atoms with Crippen molar-refractivity contribution in [3.05, 3.63) is 62.6 Å². The SMILES string of the molecule is Cc1ccc(C(=O)Nc2ccc(Br)cc2C)cc1Cl. The summed E-state index contributed by atoms with van der Waals surface area (Å²) < 4.78 is 0.987. The highest BCUT2D eigenvalue weighted by atomic mass is 79.9. The van der Waals surface area contributed by atoms with Gasteiger partial charge in [0.25, 0.3) is 5.91 Å². The van der Waals surface area contributed by atoms with Crippen LogP contribution in [0.2, 0.25) is 5.02 Å². The molecule has 0 fully saturated rings. The molecule has 0 bridgehead atoms. The molecule has 1 N–H and O–H groups in total. The maximum absolute atomic E-state index is 12.1. The molecule has 0 unspecified atom stereocenters. The molecule has 0 aliphatic carbocycles. The summed E-state index contributed by atoms with van der Waals surface area (Å²) in [6, 6.07) is 11.0. The van der Waals surface area contributed by atoms with Crippen molar-refractivity contribution in [2.75, 3.05) is 5.32 Å². The molecule has 0 atom stereocenters. The van der Waals surface area contributed by atoms with E-state index >= 15 is 0 Å². The van der Waals surface area contributed by atoms with Crippen LogP contribution in [0.3, 0.4) is 0 Å². The van der Waals surface area contributed by atoms with Crippen molar-refractivity contribution in [1.29, 1.82) is 0 Å². The zero-order valence-electron chi connectivity index (χ0n) is 10.6. The molecule has 2 rings (SSSR count). The Labute approximate surface area is 125 Å². The molecule has 2 nitrogen and oxygen atoms in total. The standard InChI is InChI=1S/C15H13BrClNO/c1-9-3-4-11(8-13(9)17)15(19)18-14-6-5-12(16)7-10(14)2/h3-8H,1-2H3,(H,18,19). The van der Waals surface area contributed by atoms with Gasteiger partial charge in [-0.05, 0) is 55.3 Å². The van der Waals surface area contributed by atoms with E-state index in [1.165, 1.54) is 0 Å². The lowest BCUT2D eigenvalue weighted by Crippen LogP contribution is -2.12. The number of nitrogens with one attached hydrogen (secondary N) is 1. The molecule has 0 saturated heterocycles. The third kappa shape index (κ3) is 3.37. The third-order valence-corrected chi connectivity index (χ3v) is 3.77. The first-order valence-electron chi connectivity index (χ1n) is 5.81. The first-order valence-corrected chi connectivity index (χ1v) is 6.98. The van der Waals surface area contributed by atoms with Gasteiger partial charge in [0.1, 0.15) is 0 Å². The molecular formula is C15H13BrClNO. The molecule has 0 saturated carbocycles. The van der Waals surface area contributed by atoms with Gasteiger partial charge in [-0.15, -0.1) is 0 Å². The Morgan fingerprint density at radius 3 is 2.47 bits per heavy atom. The largest absolute Gasteiger partial charge is 0.322 e. The van der Waals surface area contributed by atoms with E-state index in [1.807, 2.05) is 38.1 Å². The molecule has 0 heterocycles. The Balaban J connectivity index is 2.23. The van der Waals surface area contributed by atoms with Gasteiger partial charge in [0.05, 0.1) is 0 Å². The third-order valence-electron chi connectivity index (χ3n) is 2.87. The lowest BCUT2D eigenvalue weighted by Gasteiger charge is -2.09. The Kier molecular flexibility index (Phi) is 4.27. The summed E-state index contributed by atoms with van der Waals surface area (Å²) in [4.78, 5) is 12.1. The average Bonchev–Trinajstić information content (AvgIpc) is 2.36. The maximum Gasteiger partial charge on any atom is 0.255 e. The molecule has 2 aromatic carbocycles. The summed E-state index contributed by atoms with van der Waals surface area (Å²) in [6.45, 7) is 3.85. The maximum atomic E-state index is 12.1. The topological polar surface area (TPSA) is 29.1 Å². The number of hydrogen-bond acceptors (Lipinski definition) is 1. The fourth-order valence-corrected chi connectivity index (χ4v) is 2.35. The van der Waals surface area contributed by atoms with Gasteiger partial charge >= 0.3 is 0 Å². The van der Waals surface area contributed by atoms with Crippen LogP contribution in [0.15, 0.2) is 40.9 Å². The number of carbonyl (C=O) groups is 1. The van der Waals surface area contributed by atoms with Gasteiger partial charge in [-0.2, -0.15) is 0 Å². The molecule has 2 aromatic rings. The van der Waals surface area contributed by atoms with E-state index in [0.29, 0.717) is 10.6 Å². The number of benzene rings is 2. The van der Waals surface area contributed by atoms with Crippen molar-refractivity contribution in [3.63, 3.8) is 0 Å². The highest BCUT2D eigenvalue weighted by molar-refractivity contribution is 9.10. The lowest BCUT2D eigenvalue weighted by atomic mass is 10.1. The van der Waals surface area contributed by atoms with Crippen LogP contribution in [0, 0.1) is 13.8 Å². The number of carbonyl (C=O) groups excluding carboxylic acids is 1. The van der Waals surface area contributed by atoms with Crippen LogP contribution in [0.5, 0.6) is 0 Å². The van der Waals surface area contributed by atoms with Gasteiger partial charge in [-0.1, -0.05) is 33.6 Å². The van der Waals surface area contributed by atoms with E-state index < -0.39 is 0 Å². The minimum atomic E-state index is -0.160. The molecule has 0 aliphatic rings. The molecule has 0 aromatic heterocycles. The second-order valence-corrected chi connectivity index (χ2v) is 5.70. The molecule has 4 heteroatoms. The van der Waals surface area contributed by atoms with Crippen molar-refractivity contribution < 1.29 is 4.79 Å². The van der Waals surface area contributed by atoms with E-state index in [2.05, 4.69) is 21.2 Å². The Morgan fingerprint density at radius 2 is 1.84 bits per heavy atom. The van der Waals surface area contributed by atoms with Crippen molar-refractivity contribution >= 4 is 39.1 Å². The van der Waals surface area contributed by atoms with E-state index in [9.17, 15) is 4.79 Å². The second-order valence-electron chi connectivity index (χ2n) is 4.38. The molecule has 0 spiro atoms. The summed E-state index contributed by atoms with van der Waals surface area (Å²) >= 11 is 9.42. The van der Waals surface area contributed by atoms with Crippen LogP contribution in [0.1, 0.15) is 21.5 Å². The van der Waals surface area contributed by atoms with Crippen LogP contribution >= 0.6 is 27.5 Å². The molecule has 1 amide bonds. The van der Waals surface area contributed by atoms with Crippen molar-refractivity contribution in [1.82, 2.24) is 0 Å². The summed E-state index contributed by atoms with van der Waals surface area (Å²) in [5.41, 5.74) is 3.31.